The fraction of sp³-hybridized carbons (Fsp3) is 0.0588. The smallest absolute Gasteiger partial charge is 0.270 e. The van der Waals surface area contributed by atoms with E-state index in [9.17, 15) is 14.9 Å². The Labute approximate surface area is 163 Å². The van der Waals surface area contributed by atoms with E-state index in [2.05, 4.69) is 6.58 Å². The molecule has 132 valence electrons. The summed E-state index contributed by atoms with van der Waals surface area (Å²) in [5, 5.41) is 11.0. The Bertz CT molecular complexity index is 967. The molecule has 1 saturated heterocycles. The summed E-state index contributed by atoms with van der Waals surface area (Å²) >= 11 is 12.5. The van der Waals surface area contributed by atoms with Gasteiger partial charge in [-0.15, -0.1) is 6.58 Å². The van der Waals surface area contributed by atoms with Gasteiger partial charge < -0.3 is 4.42 Å². The molecule has 6 nitrogen and oxygen atoms in total. The summed E-state index contributed by atoms with van der Waals surface area (Å²) in [5.74, 6) is 0.692. The number of furan rings is 1. The number of non-ortho nitro benzene ring substituents is 1. The van der Waals surface area contributed by atoms with E-state index < -0.39 is 4.92 Å². The molecule has 26 heavy (non-hydrogen) atoms. The van der Waals surface area contributed by atoms with Crippen molar-refractivity contribution >= 4 is 57.6 Å². The number of nitrogens with zero attached hydrogens (tertiary/aromatic N) is 2. The lowest BCUT2D eigenvalue weighted by atomic mass is 10.1. The molecule has 0 spiro atoms. The molecule has 0 saturated carbocycles. The summed E-state index contributed by atoms with van der Waals surface area (Å²) in [6, 6.07) is 7.51. The van der Waals surface area contributed by atoms with E-state index in [1.165, 1.54) is 34.9 Å². The van der Waals surface area contributed by atoms with Gasteiger partial charge in [0.1, 0.15) is 15.8 Å². The van der Waals surface area contributed by atoms with Gasteiger partial charge in [-0.1, -0.05) is 41.7 Å². The molecule has 0 N–H and O–H groups in total. The molecule has 0 bridgehead atoms. The third-order valence-corrected chi connectivity index (χ3v) is 5.20. The quantitative estimate of drug-likeness (QED) is 0.231. The Kier molecular flexibility index (Phi) is 5.26. The van der Waals surface area contributed by atoms with Crippen molar-refractivity contribution < 1.29 is 14.1 Å². The van der Waals surface area contributed by atoms with Crippen molar-refractivity contribution in [3.8, 4) is 11.3 Å². The molecule has 2 aromatic rings. The Balaban J connectivity index is 1.87. The van der Waals surface area contributed by atoms with E-state index in [1.807, 2.05) is 0 Å². The van der Waals surface area contributed by atoms with E-state index in [4.69, 9.17) is 28.2 Å². The van der Waals surface area contributed by atoms with Crippen LogP contribution in [0.5, 0.6) is 0 Å². The van der Waals surface area contributed by atoms with Crippen molar-refractivity contribution in [2.24, 2.45) is 0 Å². The second kappa shape index (κ2) is 7.45. The molecule has 1 aliphatic rings. The minimum absolute atomic E-state index is 0.101. The number of rotatable bonds is 5. The molecule has 3 rings (SSSR count). The van der Waals surface area contributed by atoms with Crippen LogP contribution in [0.1, 0.15) is 5.76 Å². The molecule has 0 atom stereocenters. The molecule has 1 amide bonds. The summed E-state index contributed by atoms with van der Waals surface area (Å²) in [6.45, 7) is 3.96. The average Bonchev–Trinajstić information content (AvgIpc) is 3.15. The third kappa shape index (κ3) is 3.57. The first-order chi connectivity index (χ1) is 12.4. The van der Waals surface area contributed by atoms with Crippen LogP contribution in [0.25, 0.3) is 17.4 Å². The lowest BCUT2D eigenvalue weighted by molar-refractivity contribution is -0.384. The maximum atomic E-state index is 12.3. The second-order valence-electron chi connectivity index (χ2n) is 5.20. The molecular weight excluding hydrogens is 396 g/mol. The SMILES string of the molecule is C=CCN1C(=O)C(=Cc2ccc(-c3ccc([N+](=O)[O-])cc3Cl)o2)SC1=S. The first-order valence-corrected chi connectivity index (χ1v) is 8.91. The largest absolute Gasteiger partial charge is 0.457 e. The number of hydrogen-bond donors (Lipinski definition) is 0. The highest BCUT2D eigenvalue weighted by Gasteiger charge is 2.31. The third-order valence-electron chi connectivity index (χ3n) is 3.51. The number of thioether (sulfide) groups is 1. The van der Waals surface area contributed by atoms with Crippen LogP contribution in [-0.2, 0) is 4.79 Å². The van der Waals surface area contributed by atoms with Gasteiger partial charge in [-0.3, -0.25) is 19.8 Å². The number of hydrogen-bond acceptors (Lipinski definition) is 6. The number of nitro groups is 1. The summed E-state index contributed by atoms with van der Waals surface area (Å²) in [5.41, 5.74) is 0.424. The highest BCUT2D eigenvalue weighted by molar-refractivity contribution is 8.26. The molecule has 0 radical (unpaired) electrons. The van der Waals surface area contributed by atoms with Crippen molar-refractivity contribution in [3.63, 3.8) is 0 Å². The maximum absolute atomic E-state index is 12.3. The number of thiocarbonyl (C=S) groups is 1. The fourth-order valence-corrected chi connectivity index (χ4v) is 3.83. The number of carbonyl (C=O) groups excluding carboxylic acids is 1. The maximum Gasteiger partial charge on any atom is 0.270 e. The normalized spacial score (nSPS) is 15.7. The van der Waals surface area contributed by atoms with Crippen LogP contribution in [0, 0.1) is 10.1 Å². The van der Waals surface area contributed by atoms with Crippen LogP contribution in [0.4, 0.5) is 5.69 Å². The summed E-state index contributed by atoms with van der Waals surface area (Å²) < 4.78 is 6.18. The van der Waals surface area contributed by atoms with Crippen molar-refractivity contribution in [1.29, 1.82) is 0 Å². The molecule has 0 aliphatic carbocycles. The van der Waals surface area contributed by atoms with Gasteiger partial charge in [-0.05, 0) is 18.2 Å². The number of benzene rings is 1. The van der Waals surface area contributed by atoms with Crippen LogP contribution in [0.15, 0.2) is 52.3 Å². The lowest BCUT2D eigenvalue weighted by Gasteiger charge is -2.10. The van der Waals surface area contributed by atoms with Gasteiger partial charge in [-0.2, -0.15) is 0 Å². The Morgan fingerprint density at radius 1 is 1.38 bits per heavy atom. The first-order valence-electron chi connectivity index (χ1n) is 7.31. The Morgan fingerprint density at radius 3 is 2.81 bits per heavy atom. The molecule has 1 aliphatic heterocycles. The fourth-order valence-electron chi connectivity index (χ4n) is 2.31. The van der Waals surface area contributed by atoms with E-state index >= 15 is 0 Å². The van der Waals surface area contributed by atoms with Crippen molar-refractivity contribution in [1.82, 2.24) is 4.90 Å². The van der Waals surface area contributed by atoms with Crippen LogP contribution in [0.2, 0.25) is 5.02 Å². The van der Waals surface area contributed by atoms with Gasteiger partial charge in [0.2, 0.25) is 0 Å². The van der Waals surface area contributed by atoms with Gasteiger partial charge >= 0.3 is 0 Å². The highest BCUT2D eigenvalue weighted by atomic mass is 35.5. The second-order valence-corrected chi connectivity index (χ2v) is 7.29. The zero-order chi connectivity index (χ0) is 18.8. The Morgan fingerprint density at radius 2 is 2.15 bits per heavy atom. The van der Waals surface area contributed by atoms with E-state index in [-0.39, 0.29) is 16.6 Å². The van der Waals surface area contributed by atoms with E-state index in [0.29, 0.717) is 32.9 Å². The van der Waals surface area contributed by atoms with E-state index in [1.54, 1.807) is 24.3 Å². The van der Waals surface area contributed by atoms with Crippen molar-refractivity contribution in [2.45, 2.75) is 0 Å². The minimum Gasteiger partial charge on any atom is -0.457 e. The van der Waals surface area contributed by atoms with Gasteiger partial charge in [0, 0.05) is 30.3 Å². The van der Waals surface area contributed by atoms with Crippen LogP contribution >= 0.6 is 35.6 Å². The van der Waals surface area contributed by atoms with Crippen LogP contribution in [0.3, 0.4) is 0 Å². The first kappa shape index (κ1) is 18.4. The monoisotopic (exact) mass is 406 g/mol. The topological polar surface area (TPSA) is 76.6 Å². The van der Waals surface area contributed by atoms with Gasteiger partial charge in [0.25, 0.3) is 11.6 Å². The summed E-state index contributed by atoms with van der Waals surface area (Å²) in [6.07, 6.45) is 3.21. The van der Waals surface area contributed by atoms with Crippen LogP contribution < -0.4 is 0 Å². The average molecular weight is 407 g/mol. The summed E-state index contributed by atoms with van der Waals surface area (Å²) in [7, 11) is 0. The molecule has 1 aromatic carbocycles. The van der Waals surface area contributed by atoms with Gasteiger partial charge in [-0.25, -0.2) is 0 Å². The Hall–Kier alpha value is -2.42. The van der Waals surface area contributed by atoms with Crippen LogP contribution in [-0.4, -0.2) is 26.6 Å². The molecule has 0 unspecified atom stereocenters. The molecule has 1 fully saturated rings. The molecular formula is C17H11ClN2O4S2. The zero-order valence-corrected chi connectivity index (χ0v) is 15.6. The lowest BCUT2D eigenvalue weighted by Crippen LogP contribution is -2.27. The van der Waals surface area contributed by atoms with Crippen molar-refractivity contribution in [3.05, 3.63) is 68.8 Å². The van der Waals surface area contributed by atoms with Crippen molar-refractivity contribution in [2.75, 3.05) is 6.54 Å². The highest BCUT2D eigenvalue weighted by Crippen LogP contribution is 2.35. The zero-order valence-electron chi connectivity index (χ0n) is 13.2. The minimum atomic E-state index is -0.519. The predicted molar refractivity (Wildman–Crippen MR) is 106 cm³/mol. The molecule has 2 heterocycles. The number of halogens is 1. The van der Waals surface area contributed by atoms with Gasteiger partial charge in [0.05, 0.1) is 14.9 Å². The molecule has 9 heteroatoms. The van der Waals surface area contributed by atoms with E-state index in [0.717, 1.165) is 0 Å². The number of amides is 1. The standard InChI is InChI=1S/C17H11ClN2O4S2/c1-2-7-19-16(21)15(26-17(19)25)9-11-4-6-14(24-11)12-5-3-10(20(22)23)8-13(12)18/h2-6,8-9H,1,7H2. The summed E-state index contributed by atoms with van der Waals surface area (Å²) in [4.78, 5) is 24.5. The molecule has 1 aromatic heterocycles. The predicted octanol–water partition coefficient (Wildman–Crippen LogP) is 4.90. The number of nitro benzene ring substituents is 1. The van der Waals surface area contributed by atoms with Gasteiger partial charge in [0.15, 0.2) is 0 Å². The number of carbonyl (C=O) groups is 1.